The van der Waals surface area contributed by atoms with Crippen LogP contribution in [0.4, 0.5) is 0 Å². The molecule has 1 aromatic carbocycles. The molecule has 0 spiro atoms. The van der Waals surface area contributed by atoms with Crippen LogP contribution in [0.15, 0.2) is 12.1 Å². The topological polar surface area (TPSA) is 21.3 Å². The minimum absolute atomic E-state index is 0.541. The van der Waals surface area contributed by atoms with Gasteiger partial charge in [-0.3, -0.25) is 0 Å². The van der Waals surface area contributed by atoms with Gasteiger partial charge in [0, 0.05) is 6.04 Å². The molecule has 0 bridgehead atoms. The Hall–Kier alpha value is -1.02. The average Bonchev–Trinajstić information content (AvgIpc) is 2.77. The molecule has 88 valence electrons. The van der Waals surface area contributed by atoms with E-state index in [0.717, 1.165) is 18.9 Å². The van der Waals surface area contributed by atoms with Crippen LogP contribution in [0.1, 0.15) is 29.5 Å². The molecule has 0 aromatic heterocycles. The summed E-state index contributed by atoms with van der Waals surface area (Å²) >= 11 is 0. The fraction of sp³-hybridized carbons (Fsp3) is 0.571. The fourth-order valence-electron chi connectivity index (χ4n) is 2.23. The highest BCUT2D eigenvalue weighted by Crippen LogP contribution is 2.26. The molecule has 2 heteroatoms. The smallest absolute Gasteiger partial charge is 0.125 e. The molecule has 1 fully saturated rings. The number of nitrogens with one attached hydrogen (secondary N) is 1. The van der Waals surface area contributed by atoms with Gasteiger partial charge in [0.1, 0.15) is 12.4 Å². The zero-order valence-electron chi connectivity index (χ0n) is 10.5. The molecule has 16 heavy (non-hydrogen) atoms. The van der Waals surface area contributed by atoms with Gasteiger partial charge < -0.3 is 10.1 Å². The summed E-state index contributed by atoms with van der Waals surface area (Å²) in [6.07, 6.45) is 2.52. The van der Waals surface area contributed by atoms with Gasteiger partial charge in [-0.05, 0) is 56.8 Å². The Morgan fingerprint density at radius 2 is 2.00 bits per heavy atom. The number of benzene rings is 1. The summed E-state index contributed by atoms with van der Waals surface area (Å²) in [5, 5.41) is 3.46. The lowest BCUT2D eigenvalue weighted by Crippen LogP contribution is -2.28. The van der Waals surface area contributed by atoms with Crippen molar-refractivity contribution >= 4 is 0 Å². The number of hydrogen-bond acceptors (Lipinski definition) is 2. The normalized spacial score (nSPS) is 20.1. The number of rotatable bonds is 3. The molecule has 0 amide bonds. The highest BCUT2D eigenvalue weighted by molar-refractivity contribution is 5.44. The molecule has 2 nitrogen and oxygen atoms in total. The molecule has 0 aliphatic carbocycles. The second-order valence-corrected chi connectivity index (χ2v) is 4.76. The van der Waals surface area contributed by atoms with Crippen molar-refractivity contribution in [2.24, 2.45) is 0 Å². The third-order valence-electron chi connectivity index (χ3n) is 3.46. The van der Waals surface area contributed by atoms with Gasteiger partial charge in [-0.25, -0.2) is 0 Å². The Bertz CT molecular complexity index is 367. The largest absolute Gasteiger partial charge is 0.491 e. The molecular formula is C14H21NO. The molecule has 0 saturated carbocycles. The maximum Gasteiger partial charge on any atom is 0.125 e. The molecular weight excluding hydrogens is 198 g/mol. The van der Waals surface area contributed by atoms with Crippen LogP contribution in [0.5, 0.6) is 5.75 Å². The maximum atomic E-state index is 5.97. The van der Waals surface area contributed by atoms with E-state index in [1.54, 1.807) is 0 Å². The second-order valence-electron chi connectivity index (χ2n) is 4.76. The van der Waals surface area contributed by atoms with E-state index in [-0.39, 0.29) is 0 Å². The van der Waals surface area contributed by atoms with Gasteiger partial charge in [0.15, 0.2) is 0 Å². The minimum Gasteiger partial charge on any atom is -0.491 e. The molecule has 0 radical (unpaired) electrons. The van der Waals surface area contributed by atoms with Crippen LogP contribution >= 0.6 is 0 Å². The van der Waals surface area contributed by atoms with E-state index in [9.17, 15) is 0 Å². The lowest BCUT2D eigenvalue weighted by molar-refractivity contribution is 0.274. The van der Waals surface area contributed by atoms with E-state index in [4.69, 9.17) is 4.74 Å². The quantitative estimate of drug-likeness (QED) is 0.844. The van der Waals surface area contributed by atoms with E-state index in [1.165, 1.54) is 29.5 Å². The van der Waals surface area contributed by atoms with Crippen LogP contribution in [0.2, 0.25) is 0 Å². The van der Waals surface area contributed by atoms with Crippen molar-refractivity contribution in [1.29, 1.82) is 0 Å². The molecule has 1 N–H and O–H groups in total. The van der Waals surface area contributed by atoms with Crippen LogP contribution in [-0.2, 0) is 0 Å². The zero-order valence-corrected chi connectivity index (χ0v) is 10.5. The third kappa shape index (κ3) is 2.38. The van der Waals surface area contributed by atoms with E-state index < -0.39 is 0 Å². The van der Waals surface area contributed by atoms with Crippen molar-refractivity contribution < 1.29 is 4.74 Å². The zero-order chi connectivity index (χ0) is 11.5. The van der Waals surface area contributed by atoms with Gasteiger partial charge in [-0.15, -0.1) is 0 Å². The van der Waals surface area contributed by atoms with Gasteiger partial charge in [0.2, 0.25) is 0 Å². The molecule has 1 aromatic rings. The Morgan fingerprint density at radius 3 is 2.69 bits per heavy atom. The Morgan fingerprint density at radius 1 is 1.25 bits per heavy atom. The molecule has 1 aliphatic heterocycles. The Balaban J connectivity index is 2.05. The SMILES string of the molecule is Cc1ccc(C)c(OC[C@H]2CCCN2)c1C. The summed E-state index contributed by atoms with van der Waals surface area (Å²) in [7, 11) is 0. The first kappa shape index (κ1) is 11.5. The summed E-state index contributed by atoms with van der Waals surface area (Å²) in [5.74, 6) is 1.08. The predicted octanol–water partition coefficient (Wildman–Crippen LogP) is 2.74. The van der Waals surface area contributed by atoms with Crippen molar-refractivity contribution in [3.05, 3.63) is 28.8 Å². The molecule has 1 aliphatic rings. The van der Waals surface area contributed by atoms with E-state index in [2.05, 4.69) is 38.2 Å². The van der Waals surface area contributed by atoms with Gasteiger partial charge in [0.25, 0.3) is 0 Å². The van der Waals surface area contributed by atoms with Crippen LogP contribution in [0.3, 0.4) is 0 Å². The van der Waals surface area contributed by atoms with E-state index in [1.807, 2.05) is 0 Å². The second kappa shape index (κ2) is 4.88. The highest BCUT2D eigenvalue weighted by Gasteiger charge is 2.15. The van der Waals surface area contributed by atoms with Crippen LogP contribution in [0, 0.1) is 20.8 Å². The van der Waals surface area contributed by atoms with Gasteiger partial charge in [-0.2, -0.15) is 0 Å². The van der Waals surface area contributed by atoms with Crippen molar-refractivity contribution in [2.75, 3.05) is 13.2 Å². The lowest BCUT2D eigenvalue weighted by Gasteiger charge is -2.17. The standard InChI is InChI=1S/C14H21NO/c1-10-6-7-11(2)14(12(10)3)16-9-13-5-4-8-15-13/h6-7,13,15H,4-5,8-9H2,1-3H3/t13-/m1/s1. The molecule has 1 heterocycles. The monoisotopic (exact) mass is 219 g/mol. The van der Waals surface area contributed by atoms with E-state index >= 15 is 0 Å². The van der Waals surface area contributed by atoms with Crippen molar-refractivity contribution in [1.82, 2.24) is 5.32 Å². The van der Waals surface area contributed by atoms with Gasteiger partial charge in [0.05, 0.1) is 0 Å². The third-order valence-corrected chi connectivity index (χ3v) is 3.46. The first-order valence-electron chi connectivity index (χ1n) is 6.11. The van der Waals surface area contributed by atoms with Crippen molar-refractivity contribution in [3.8, 4) is 5.75 Å². The van der Waals surface area contributed by atoms with Crippen molar-refractivity contribution in [2.45, 2.75) is 39.7 Å². The first-order valence-corrected chi connectivity index (χ1v) is 6.11. The molecule has 2 rings (SSSR count). The van der Waals surface area contributed by atoms with Crippen molar-refractivity contribution in [3.63, 3.8) is 0 Å². The summed E-state index contributed by atoms with van der Waals surface area (Å²) in [5.41, 5.74) is 3.82. The summed E-state index contributed by atoms with van der Waals surface area (Å²) < 4.78 is 5.97. The average molecular weight is 219 g/mol. The summed E-state index contributed by atoms with van der Waals surface area (Å²) in [6, 6.07) is 4.84. The molecule has 0 unspecified atom stereocenters. The van der Waals surface area contributed by atoms with Crippen LogP contribution in [-0.4, -0.2) is 19.2 Å². The molecule has 1 atom stereocenters. The highest BCUT2D eigenvalue weighted by atomic mass is 16.5. The summed E-state index contributed by atoms with van der Waals surface area (Å²) in [4.78, 5) is 0. The number of aryl methyl sites for hydroxylation is 2. The Kier molecular flexibility index (Phi) is 3.49. The molecule has 1 saturated heterocycles. The van der Waals surface area contributed by atoms with Crippen LogP contribution < -0.4 is 10.1 Å². The maximum absolute atomic E-state index is 5.97. The van der Waals surface area contributed by atoms with E-state index in [0.29, 0.717) is 6.04 Å². The lowest BCUT2D eigenvalue weighted by atomic mass is 10.1. The fourth-order valence-corrected chi connectivity index (χ4v) is 2.23. The van der Waals surface area contributed by atoms with Gasteiger partial charge in [-0.1, -0.05) is 12.1 Å². The minimum atomic E-state index is 0.541. The number of ether oxygens (including phenoxy) is 1. The number of hydrogen-bond donors (Lipinski definition) is 1. The Labute approximate surface area is 98.0 Å². The predicted molar refractivity (Wildman–Crippen MR) is 67.2 cm³/mol. The van der Waals surface area contributed by atoms with Gasteiger partial charge >= 0.3 is 0 Å². The first-order chi connectivity index (χ1) is 7.68. The summed E-state index contributed by atoms with van der Waals surface area (Å²) in [6.45, 7) is 8.32. The van der Waals surface area contributed by atoms with Crippen LogP contribution in [0.25, 0.3) is 0 Å².